The summed E-state index contributed by atoms with van der Waals surface area (Å²) in [7, 11) is 1.51. The largest absolute Gasteiger partial charge is 0.459 e. The van der Waals surface area contributed by atoms with Gasteiger partial charge in [0.25, 0.3) is 0 Å². The van der Waals surface area contributed by atoms with Gasteiger partial charge in [-0.15, -0.1) is 11.3 Å². The Morgan fingerprint density at radius 2 is 2.41 bits per heavy atom. The maximum absolute atomic E-state index is 11.5. The first-order chi connectivity index (χ1) is 8.17. The highest BCUT2D eigenvalue weighted by atomic mass is 79.9. The van der Waals surface area contributed by atoms with Crippen molar-refractivity contribution in [3.05, 3.63) is 26.4 Å². The van der Waals surface area contributed by atoms with E-state index in [9.17, 15) is 4.79 Å². The first-order valence-electron chi connectivity index (χ1n) is 4.69. The van der Waals surface area contributed by atoms with Crippen LogP contribution >= 0.6 is 27.3 Å². The van der Waals surface area contributed by atoms with Crippen molar-refractivity contribution < 1.29 is 14.3 Å². The van der Waals surface area contributed by atoms with E-state index in [4.69, 9.17) is 14.7 Å². The fourth-order valence-electron chi connectivity index (χ4n) is 0.998. The third-order valence-electron chi connectivity index (χ3n) is 1.76. The number of carbonyl (C=O) groups excluding carboxylic acids is 1. The first kappa shape index (κ1) is 13.9. The highest BCUT2D eigenvalue weighted by Crippen LogP contribution is 2.22. The molecule has 0 saturated heterocycles. The highest BCUT2D eigenvalue weighted by Gasteiger charge is 2.10. The summed E-state index contributed by atoms with van der Waals surface area (Å²) in [5, 5.41) is 10.7. The molecule has 6 heteroatoms. The fourth-order valence-corrected chi connectivity index (χ4v) is 2.13. The smallest absolute Gasteiger partial charge is 0.348 e. The Balaban J connectivity index is 2.68. The number of methoxy groups -OCH3 is 1. The Hall–Kier alpha value is -1.16. The van der Waals surface area contributed by atoms with Crippen LogP contribution in [0.4, 0.5) is 0 Å². The molecule has 1 aromatic rings. The zero-order valence-corrected chi connectivity index (χ0v) is 11.5. The minimum absolute atomic E-state index is 0.0218. The number of nitriles is 1. The Labute approximate surface area is 112 Å². The van der Waals surface area contributed by atoms with Crippen LogP contribution in [0.1, 0.15) is 5.56 Å². The Bertz CT molecular complexity index is 462. The lowest BCUT2D eigenvalue weighted by atomic mass is 10.2. The molecule has 0 unspecified atom stereocenters. The average Bonchev–Trinajstić information content (AvgIpc) is 2.72. The summed E-state index contributed by atoms with van der Waals surface area (Å²) in [6, 6.07) is 3.65. The van der Waals surface area contributed by atoms with E-state index >= 15 is 0 Å². The van der Waals surface area contributed by atoms with Crippen molar-refractivity contribution in [1.29, 1.82) is 5.26 Å². The second kappa shape index (κ2) is 7.22. The molecule has 0 saturated carbocycles. The Morgan fingerprint density at radius 3 is 2.94 bits per heavy atom. The predicted molar refractivity (Wildman–Crippen MR) is 68.4 cm³/mol. The van der Waals surface area contributed by atoms with Gasteiger partial charge in [-0.2, -0.15) is 5.26 Å². The second-order valence-electron chi connectivity index (χ2n) is 2.98. The van der Waals surface area contributed by atoms with Crippen molar-refractivity contribution in [2.24, 2.45) is 0 Å². The monoisotopic (exact) mass is 315 g/mol. The van der Waals surface area contributed by atoms with Gasteiger partial charge in [-0.05, 0) is 39.0 Å². The first-order valence-corrected chi connectivity index (χ1v) is 6.36. The van der Waals surface area contributed by atoms with Crippen molar-refractivity contribution in [2.45, 2.75) is 0 Å². The van der Waals surface area contributed by atoms with E-state index < -0.39 is 5.97 Å². The fraction of sp³-hybridized carbons (Fsp3) is 0.273. The van der Waals surface area contributed by atoms with E-state index in [1.807, 2.05) is 17.5 Å². The van der Waals surface area contributed by atoms with Gasteiger partial charge in [-0.25, -0.2) is 4.79 Å². The van der Waals surface area contributed by atoms with Crippen LogP contribution in [0.3, 0.4) is 0 Å². The quantitative estimate of drug-likeness (QED) is 0.363. The SMILES string of the molecule is COCCOC(=O)/C(C#N)=C/c1csc(Br)c1. The second-order valence-corrected chi connectivity index (χ2v) is 5.27. The topological polar surface area (TPSA) is 59.3 Å². The van der Waals surface area contributed by atoms with Gasteiger partial charge in [0.05, 0.1) is 10.4 Å². The Morgan fingerprint density at radius 1 is 1.65 bits per heavy atom. The number of halogens is 1. The third-order valence-corrected chi connectivity index (χ3v) is 3.28. The van der Waals surface area contributed by atoms with E-state index in [-0.39, 0.29) is 12.2 Å². The molecule has 0 atom stereocenters. The van der Waals surface area contributed by atoms with Crippen molar-refractivity contribution >= 4 is 39.3 Å². The van der Waals surface area contributed by atoms with E-state index in [1.165, 1.54) is 24.5 Å². The van der Waals surface area contributed by atoms with Gasteiger partial charge in [0.2, 0.25) is 0 Å². The summed E-state index contributed by atoms with van der Waals surface area (Å²) < 4.78 is 10.5. The van der Waals surface area contributed by atoms with Gasteiger partial charge in [0.1, 0.15) is 18.2 Å². The molecule has 0 bridgehead atoms. The summed E-state index contributed by atoms with van der Waals surface area (Å²) in [6.45, 7) is 0.454. The summed E-state index contributed by atoms with van der Waals surface area (Å²) in [4.78, 5) is 11.5. The average molecular weight is 316 g/mol. The standard InChI is InChI=1S/C11H10BrNO3S/c1-15-2-3-16-11(14)9(6-13)4-8-5-10(12)17-7-8/h4-5,7H,2-3H2,1H3/b9-4+. The molecular formula is C11H10BrNO3S. The molecule has 0 radical (unpaired) electrons. The molecule has 0 amide bonds. The zero-order chi connectivity index (χ0) is 12.7. The van der Waals surface area contributed by atoms with Crippen LogP contribution in [0.15, 0.2) is 20.8 Å². The lowest BCUT2D eigenvalue weighted by molar-refractivity contribution is -0.139. The molecule has 0 N–H and O–H groups in total. The summed E-state index contributed by atoms with van der Waals surface area (Å²) >= 11 is 4.79. The lowest BCUT2D eigenvalue weighted by Gasteiger charge is -2.01. The number of ether oxygens (including phenoxy) is 2. The summed E-state index contributed by atoms with van der Waals surface area (Å²) in [6.07, 6.45) is 1.50. The molecule has 0 aliphatic heterocycles. The van der Waals surface area contributed by atoms with Gasteiger partial charge >= 0.3 is 5.97 Å². The van der Waals surface area contributed by atoms with Gasteiger partial charge in [0, 0.05) is 7.11 Å². The molecule has 1 rings (SSSR count). The van der Waals surface area contributed by atoms with E-state index in [2.05, 4.69) is 15.9 Å². The molecule has 0 aliphatic rings. The molecule has 1 aromatic heterocycles. The van der Waals surface area contributed by atoms with Crippen LogP contribution in [0.5, 0.6) is 0 Å². The van der Waals surface area contributed by atoms with Crippen molar-refractivity contribution in [3.8, 4) is 6.07 Å². The number of carbonyl (C=O) groups is 1. The minimum atomic E-state index is -0.633. The molecule has 0 fully saturated rings. The highest BCUT2D eigenvalue weighted by molar-refractivity contribution is 9.11. The van der Waals surface area contributed by atoms with Gasteiger partial charge in [-0.1, -0.05) is 0 Å². The van der Waals surface area contributed by atoms with Crippen LogP contribution in [-0.2, 0) is 14.3 Å². The normalized spacial score (nSPS) is 11.0. The maximum Gasteiger partial charge on any atom is 0.348 e. The zero-order valence-electron chi connectivity index (χ0n) is 9.10. The van der Waals surface area contributed by atoms with Crippen molar-refractivity contribution in [2.75, 3.05) is 20.3 Å². The van der Waals surface area contributed by atoms with Crippen LogP contribution < -0.4 is 0 Å². The van der Waals surface area contributed by atoms with Crippen LogP contribution in [0, 0.1) is 11.3 Å². The van der Waals surface area contributed by atoms with E-state index in [0.29, 0.717) is 6.61 Å². The predicted octanol–water partition coefficient (Wildman–Crippen LogP) is 2.61. The Kier molecular flexibility index (Phi) is 5.91. The summed E-state index contributed by atoms with van der Waals surface area (Å²) in [5.41, 5.74) is 0.772. The lowest BCUT2D eigenvalue weighted by Crippen LogP contribution is -2.11. The van der Waals surface area contributed by atoms with Gasteiger partial charge in [0.15, 0.2) is 0 Å². The molecular weight excluding hydrogens is 306 g/mol. The number of rotatable bonds is 5. The molecule has 0 aliphatic carbocycles. The number of nitrogens with zero attached hydrogens (tertiary/aromatic N) is 1. The third kappa shape index (κ3) is 4.69. The van der Waals surface area contributed by atoms with Crippen molar-refractivity contribution in [3.63, 3.8) is 0 Å². The molecule has 4 nitrogen and oxygen atoms in total. The molecule has 17 heavy (non-hydrogen) atoms. The van der Waals surface area contributed by atoms with Gasteiger partial charge in [-0.3, -0.25) is 0 Å². The molecule has 0 aromatic carbocycles. The van der Waals surface area contributed by atoms with E-state index in [0.717, 1.165) is 9.35 Å². The summed E-state index contributed by atoms with van der Waals surface area (Å²) in [5.74, 6) is -0.633. The molecule has 0 spiro atoms. The molecule has 90 valence electrons. The number of thiophene rings is 1. The maximum atomic E-state index is 11.5. The van der Waals surface area contributed by atoms with Crippen molar-refractivity contribution in [1.82, 2.24) is 0 Å². The van der Waals surface area contributed by atoms with Gasteiger partial charge < -0.3 is 9.47 Å². The van der Waals surface area contributed by atoms with Crippen LogP contribution in [0.2, 0.25) is 0 Å². The number of hydrogen-bond donors (Lipinski definition) is 0. The minimum Gasteiger partial charge on any atom is -0.459 e. The molecule has 1 heterocycles. The number of esters is 1. The van der Waals surface area contributed by atoms with E-state index in [1.54, 1.807) is 0 Å². The van der Waals surface area contributed by atoms with Crippen LogP contribution in [-0.4, -0.2) is 26.3 Å². The van der Waals surface area contributed by atoms with Crippen LogP contribution in [0.25, 0.3) is 6.08 Å². The number of hydrogen-bond acceptors (Lipinski definition) is 5.